The highest BCUT2D eigenvalue weighted by Gasteiger charge is 2.24. The lowest BCUT2D eigenvalue weighted by atomic mass is 10.1. The van der Waals surface area contributed by atoms with Crippen molar-refractivity contribution >= 4 is 12.0 Å². The number of ether oxygens (including phenoxy) is 3. The van der Waals surface area contributed by atoms with E-state index in [1.165, 1.54) is 7.11 Å². The molecule has 0 aliphatic carbocycles. The van der Waals surface area contributed by atoms with Gasteiger partial charge in [0.25, 0.3) is 0 Å². The molecule has 2 heterocycles. The van der Waals surface area contributed by atoms with Gasteiger partial charge in [-0.1, -0.05) is 12.1 Å². The number of methoxy groups -OCH3 is 2. The van der Waals surface area contributed by atoms with E-state index >= 15 is 0 Å². The molecule has 1 aliphatic heterocycles. The monoisotopic (exact) mass is 369 g/mol. The van der Waals surface area contributed by atoms with Crippen LogP contribution in [0.4, 0.5) is 0 Å². The summed E-state index contributed by atoms with van der Waals surface area (Å²) in [5.41, 5.74) is 0.947. The van der Waals surface area contributed by atoms with Crippen molar-refractivity contribution in [2.75, 3.05) is 27.3 Å². The van der Waals surface area contributed by atoms with Gasteiger partial charge in [-0.15, -0.1) is 10.2 Å². The maximum Gasteiger partial charge on any atom is 0.246 e. The van der Waals surface area contributed by atoms with Crippen molar-refractivity contribution in [2.45, 2.75) is 18.9 Å². The molecule has 2 aromatic rings. The molecule has 1 aromatic carbocycles. The average Bonchev–Trinajstić information content (AvgIpc) is 2.73. The van der Waals surface area contributed by atoms with E-state index in [0.29, 0.717) is 18.3 Å². The van der Waals surface area contributed by atoms with Crippen molar-refractivity contribution in [3.63, 3.8) is 0 Å². The first-order chi connectivity index (χ1) is 13.2. The van der Waals surface area contributed by atoms with Crippen molar-refractivity contribution < 1.29 is 19.0 Å². The van der Waals surface area contributed by atoms with E-state index in [-0.39, 0.29) is 12.0 Å². The Morgan fingerprint density at radius 1 is 1.07 bits per heavy atom. The Hall–Kier alpha value is -3.09. The van der Waals surface area contributed by atoms with Crippen LogP contribution in [0.5, 0.6) is 17.5 Å². The lowest BCUT2D eigenvalue weighted by Crippen LogP contribution is -2.43. The first-order valence-electron chi connectivity index (χ1n) is 8.83. The minimum atomic E-state index is -0.0974. The van der Waals surface area contributed by atoms with Crippen LogP contribution in [0.2, 0.25) is 0 Å². The van der Waals surface area contributed by atoms with Gasteiger partial charge in [-0.25, -0.2) is 0 Å². The molecular formula is C20H23N3O4. The van der Waals surface area contributed by atoms with Crippen LogP contribution in [-0.2, 0) is 4.79 Å². The van der Waals surface area contributed by atoms with Crippen molar-refractivity contribution in [1.29, 1.82) is 0 Å². The molecule has 1 fully saturated rings. The number of hydrogen-bond acceptors (Lipinski definition) is 6. The third-order valence-corrected chi connectivity index (χ3v) is 4.34. The van der Waals surface area contributed by atoms with Crippen LogP contribution in [0.25, 0.3) is 6.08 Å². The number of hydrogen-bond donors (Lipinski definition) is 0. The molecule has 0 N–H and O–H groups in total. The maximum atomic E-state index is 12.5. The van der Waals surface area contributed by atoms with E-state index in [1.54, 1.807) is 36.3 Å². The predicted molar refractivity (Wildman–Crippen MR) is 101 cm³/mol. The largest absolute Gasteiger partial charge is 0.497 e. The normalized spacial score (nSPS) is 17.0. The van der Waals surface area contributed by atoms with E-state index in [1.807, 2.05) is 24.3 Å². The van der Waals surface area contributed by atoms with Gasteiger partial charge in [-0.2, -0.15) is 0 Å². The van der Waals surface area contributed by atoms with Gasteiger partial charge in [0.2, 0.25) is 17.7 Å². The van der Waals surface area contributed by atoms with Gasteiger partial charge in [0.05, 0.1) is 20.8 Å². The molecule has 3 rings (SSSR count). The molecule has 1 unspecified atom stereocenters. The van der Waals surface area contributed by atoms with Crippen LogP contribution in [-0.4, -0.2) is 54.4 Å². The zero-order chi connectivity index (χ0) is 19.1. The Kier molecular flexibility index (Phi) is 6.25. The van der Waals surface area contributed by atoms with Gasteiger partial charge in [0.15, 0.2) is 0 Å². The van der Waals surface area contributed by atoms with Crippen molar-refractivity contribution in [2.24, 2.45) is 0 Å². The minimum Gasteiger partial charge on any atom is -0.497 e. The van der Waals surface area contributed by atoms with Gasteiger partial charge in [0.1, 0.15) is 11.9 Å². The van der Waals surface area contributed by atoms with Gasteiger partial charge in [-0.3, -0.25) is 4.79 Å². The Morgan fingerprint density at radius 3 is 2.48 bits per heavy atom. The highest BCUT2D eigenvalue weighted by molar-refractivity contribution is 5.91. The Balaban J connectivity index is 1.55. The van der Waals surface area contributed by atoms with Gasteiger partial charge < -0.3 is 19.1 Å². The van der Waals surface area contributed by atoms with E-state index < -0.39 is 0 Å². The van der Waals surface area contributed by atoms with Gasteiger partial charge >= 0.3 is 0 Å². The van der Waals surface area contributed by atoms with Gasteiger partial charge in [0, 0.05) is 24.8 Å². The lowest BCUT2D eigenvalue weighted by Gasteiger charge is -2.31. The molecule has 0 bridgehead atoms. The summed E-state index contributed by atoms with van der Waals surface area (Å²) < 4.78 is 16.0. The second-order valence-electron chi connectivity index (χ2n) is 6.19. The summed E-state index contributed by atoms with van der Waals surface area (Å²) in [6.45, 7) is 1.25. The smallest absolute Gasteiger partial charge is 0.246 e. The summed E-state index contributed by atoms with van der Waals surface area (Å²) in [6, 6.07) is 11.0. The third kappa shape index (κ3) is 5.20. The first-order valence-corrected chi connectivity index (χ1v) is 8.83. The summed E-state index contributed by atoms with van der Waals surface area (Å²) in [5, 5.41) is 7.87. The summed E-state index contributed by atoms with van der Waals surface area (Å²) >= 11 is 0. The number of carbonyl (C=O) groups excluding carboxylic acids is 1. The minimum absolute atomic E-state index is 0.0278. The molecule has 0 radical (unpaired) electrons. The number of carbonyl (C=O) groups is 1. The molecule has 1 aliphatic rings. The molecule has 142 valence electrons. The maximum absolute atomic E-state index is 12.5. The summed E-state index contributed by atoms with van der Waals surface area (Å²) in [6.07, 6.45) is 5.06. The third-order valence-electron chi connectivity index (χ3n) is 4.34. The number of nitrogens with zero attached hydrogens (tertiary/aromatic N) is 3. The van der Waals surface area contributed by atoms with Gasteiger partial charge in [-0.05, 0) is 36.6 Å². The standard InChI is InChI=1S/C20H23N3O4/c1-25-16-8-5-15(6-9-16)7-12-20(24)23-13-3-4-17(14-23)27-19-11-10-18(26-2)21-22-19/h5-12,17H,3-4,13-14H2,1-2H3/b12-7+. The first kappa shape index (κ1) is 18.7. The zero-order valence-corrected chi connectivity index (χ0v) is 15.5. The number of piperidine rings is 1. The van der Waals surface area contributed by atoms with Crippen LogP contribution in [0.3, 0.4) is 0 Å². The molecule has 1 atom stereocenters. The fourth-order valence-electron chi connectivity index (χ4n) is 2.87. The van der Waals surface area contributed by atoms with E-state index in [4.69, 9.17) is 14.2 Å². The second-order valence-corrected chi connectivity index (χ2v) is 6.19. The number of aromatic nitrogens is 2. The van der Waals surface area contributed by atoms with E-state index in [9.17, 15) is 4.79 Å². The van der Waals surface area contributed by atoms with Crippen molar-refractivity contribution in [3.8, 4) is 17.5 Å². The molecule has 27 heavy (non-hydrogen) atoms. The molecular weight excluding hydrogens is 346 g/mol. The van der Waals surface area contributed by atoms with Crippen molar-refractivity contribution in [3.05, 3.63) is 48.0 Å². The van der Waals surface area contributed by atoms with Crippen LogP contribution < -0.4 is 14.2 Å². The molecule has 7 heteroatoms. The SMILES string of the molecule is COc1ccc(/C=C/C(=O)N2CCCC(Oc3ccc(OC)nn3)C2)cc1. The van der Waals surface area contributed by atoms with Crippen molar-refractivity contribution in [1.82, 2.24) is 15.1 Å². The summed E-state index contributed by atoms with van der Waals surface area (Å²) in [5.74, 6) is 1.63. The Labute approximate surface area is 158 Å². The van der Waals surface area contributed by atoms with Crippen LogP contribution in [0, 0.1) is 0 Å². The summed E-state index contributed by atoms with van der Waals surface area (Å²) in [7, 11) is 3.16. The Morgan fingerprint density at radius 2 is 1.81 bits per heavy atom. The average molecular weight is 369 g/mol. The topological polar surface area (TPSA) is 73.8 Å². The lowest BCUT2D eigenvalue weighted by molar-refractivity contribution is -0.128. The van der Waals surface area contributed by atoms with E-state index in [0.717, 1.165) is 30.7 Å². The molecule has 0 spiro atoms. The molecule has 1 saturated heterocycles. The highest BCUT2D eigenvalue weighted by atomic mass is 16.5. The number of likely N-dealkylation sites (tertiary alicyclic amines) is 1. The highest BCUT2D eigenvalue weighted by Crippen LogP contribution is 2.18. The molecule has 1 aromatic heterocycles. The van der Waals surface area contributed by atoms with Crippen LogP contribution >= 0.6 is 0 Å². The van der Waals surface area contributed by atoms with E-state index in [2.05, 4.69) is 10.2 Å². The second kappa shape index (κ2) is 9.02. The summed E-state index contributed by atoms with van der Waals surface area (Å²) in [4.78, 5) is 14.3. The Bertz CT molecular complexity index is 775. The quantitative estimate of drug-likeness (QED) is 0.729. The predicted octanol–water partition coefficient (Wildman–Crippen LogP) is 2.58. The molecule has 7 nitrogen and oxygen atoms in total. The van der Waals surface area contributed by atoms with Crippen LogP contribution in [0.15, 0.2) is 42.5 Å². The number of amides is 1. The fourth-order valence-corrected chi connectivity index (χ4v) is 2.87. The van der Waals surface area contributed by atoms with Crippen LogP contribution in [0.1, 0.15) is 18.4 Å². The molecule has 0 saturated carbocycles. The zero-order valence-electron chi connectivity index (χ0n) is 15.5. The number of rotatable bonds is 6. The number of benzene rings is 1. The fraction of sp³-hybridized carbons (Fsp3) is 0.350. The molecule has 1 amide bonds.